The Morgan fingerprint density at radius 2 is 2.12 bits per heavy atom. The Kier molecular flexibility index (Phi) is 3.76. The van der Waals surface area contributed by atoms with E-state index in [2.05, 4.69) is 11.9 Å². The second-order valence-corrected chi connectivity index (χ2v) is 3.76. The molecule has 0 atom stereocenters. The molecule has 0 unspecified atom stereocenters. The summed E-state index contributed by atoms with van der Waals surface area (Å²) >= 11 is 0. The Labute approximate surface area is 96.3 Å². The molecule has 1 aromatic carbocycles. The van der Waals surface area contributed by atoms with E-state index in [0.717, 1.165) is 42.4 Å². The highest BCUT2D eigenvalue weighted by Crippen LogP contribution is 2.24. The third kappa shape index (κ3) is 2.51. The maximum absolute atomic E-state index is 5.77. The fourth-order valence-electron chi connectivity index (χ4n) is 1.68. The topological polar surface area (TPSA) is 22.1 Å². The van der Waals surface area contributed by atoms with E-state index in [1.807, 2.05) is 30.5 Å². The smallest absolute Gasteiger partial charge is 0.127 e. The molecule has 2 nitrogen and oxygen atoms in total. The minimum atomic E-state index is 0.761. The van der Waals surface area contributed by atoms with Crippen LogP contribution < -0.4 is 4.74 Å². The first-order valence-corrected chi connectivity index (χ1v) is 5.66. The molecule has 0 bridgehead atoms. The van der Waals surface area contributed by atoms with Crippen LogP contribution in [0.4, 0.5) is 0 Å². The molecule has 0 aliphatic heterocycles. The third-order valence-corrected chi connectivity index (χ3v) is 2.54. The molecule has 0 amide bonds. The van der Waals surface area contributed by atoms with Crippen molar-refractivity contribution in [3.05, 3.63) is 43.6 Å². The van der Waals surface area contributed by atoms with Crippen molar-refractivity contribution in [2.24, 2.45) is 0 Å². The molecule has 1 heterocycles. The Morgan fingerprint density at radius 1 is 1.19 bits per heavy atom. The maximum Gasteiger partial charge on any atom is 0.127 e. The zero-order valence-corrected chi connectivity index (χ0v) is 9.36. The minimum Gasteiger partial charge on any atom is -0.493 e. The van der Waals surface area contributed by atoms with Crippen molar-refractivity contribution >= 4 is 10.8 Å². The Bertz CT molecular complexity index is 448. The van der Waals surface area contributed by atoms with Crippen LogP contribution in [0.5, 0.6) is 5.75 Å². The van der Waals surface area contributed by atoms with Gasteiger partial charge < -0.3 is 4.74 Å². The molecule has 0 fully saturated rings. The van der Waals surface area contributed by atoms with Crippen LogP contribution in [-0.4, -0.2) is 11.6 Å². The van der Waals surface area contributed by atoms with Crippen molar-refractivity contribution in [3.63, 3.8) is 0 Å². The summed E-state index contributed by atoms with van der Waals surface area (Å²) in [6, 6.07) is 8.05. The van der Waals surface area contributed by atoms with E-state index in [1.165, 1.54) is 0 Å². The number of benzene rings is 1. The van der Waals surface area contributed by atoms with E-state index in [4.69, 9.17) is 4.74 Å². The molecule has 1 aromatic heterocycles. The predicted molar refractivity (Wildman–Crippen MR) is 66.4 cm³/mol. The fourth-order valence-corrected chi connectivity index (χ4v) is 1.68. The summed E-state index contributed by atoms with van der Waals surface area (Å²) in [5, 5.41) is 2.25. The van der Waals surface area contributed by atoms with E-state index in [0.29, 0.717) is 0 Å². The quantitative estimate of drug-likeness (QED) is 0.709. The lowest BCUT2D eigenvalue weighted by Crippen LogP contribution is -1.97. The second kappa shape index (κ2) is 5.50. The molecule has 1 radical (unpaired) electrons. The highest BCUT2D eigenvalue weighted by molar-refractivity contribution is 5.87. The van der Waals surface area contributed by atoms with Crippen LogP contribution in [-0.2, 0) is 0 Å². The van der Waals surface area contributed by atoms with Gasteiger partial charge in [0.2, 0.25) is 0 Å². The summed E-state index contributed by atoms with van der Waals surface area (Å²) in [5.41, 5.74) is 0. The number of pyridine rings is 1. The van der Waals surface area contributed by atoms with Crippen molar-refractivity contribution in [2.75, 3.05) is 6.61 Å². The van der Waals surface area contributed by atoms with E-state index in [9.17, 15) is 0 Å². The van der Waals surface area contributed by atoms with Crippen molar-refractivity contribution < 1.29 is 4.74 Å². The standard InChI is InChI=1S/C14H16NO/c1-2-3-4-10-16-14-7-5-6-12-11-15-9-8-13(12)14/h5-9,11H,1-4,10H2. The molecular weight excluding hydrogens is 198 g/mol. The average molecular weight is 214 g/mol. The molecule has 0 aliphatic carbocycles. The van der Waals surface area contributed by atoms with Gasteiger partial charge in [0.15, 0.2) is 0 Å². The summed E-state index contributed by atoms with van der Waals surface area (Å²) in [6.45, 7) is 4.58. The molecule has 83 valence electrons. The first-order valence-electron chi connectivity index (χ1n) is 5.66. The van der Waals surface area contributed by atoms with Gasteiger partial charge in [0.25, 0.3) is 0 Å². The zero-order valence-electron chi connectivity index (χ0n) is 9.36. The molecule has 2 rings (SSSR count). The molecule has 0 N–H and O–H groups in total. The summed E-state index contributed by atoms with van der Waals surface area (Å²) in [5.74, 6) is 0.948. The average Bonchev–Trinajstić information content (AvgIpc) is 2.35. The van der Waals surface area contributed by atoms with Crippen LogP contribution in [0.1, 0.15) is 19.3 Å². The molecule has 0 aliphatic rings. The van der Waals surface area contributed by atoms with Crippen LogP contribution in [0.2, 0.25) is 0 Å². The van der Waals surface area contributed by atoms with Gasteiger partial charge in [-0.2, -0.15) is 0 Å². The van der Waals surface area contributed by atoms with E-state index >= 15 is 0 Å². The first kappa shape index (κ1) is 10.9. The van der Waals surface area contributed by atoms with E-state index in [-0.39, 0.29) is 0 Å². The van der Waals surface area contributed by atoms with Crippen LogP contribution in [0.15, 0.2) is 36.7 Å². The maximum atomic E-state index is 5.77. The highest BCUT2D eigenvalue weighted by atomic mass is 16.5. The van der Waals surface area contributed by atoms with Gasteiger partial charge in [0.1, 0.15) is 5.75 Å². The molecule has 0 spiro atoms. The molecule has 16 heavy (non-hydrogen) atoms. The first-order chi connectivity index (χ1) is 7.92. The largest absolute Gasteiger partial charge is 0.493 e. The van der Waals surface area contributed by atoms with Gasteiger partial charge in [0.05, 0.1) is 6.61 Å². The number of unbranched alkanes of at least 4 members (excludes halogenated alkanes) is 2. The Morgan fingerprint density at radius 3 is 3.00 bits per heavy atom. The number of hydrogen-bond acceptors (Lipinski definition) is 2. The lowest BCUT2D eigenvalue weighted by molar-refractivity contribution is 0.311. The van der Waals surface area contributed by atoms with Gasteiger partial charge in [-0.25, -0.2) is 0 Å². The minimum absolute atomic E-state index is 0.761. The van der Waals surface area contributed by atoms with Crippen molar-refractivity contribution in [1.29, 1.82) is 0 Å². The summed E-state index contributed by atoms with van der Waals surface area (Å²) in [6.07, 6.45) is 6.81. The highest BCUT2D eigenvalue weighted by Gasteiger charge is 2.00. The summed E-state index contributed by atoms with van der Waals surface area (Å²) < 4.78 is 5.77. The van der Waals surface area contributed by atoms with Crippen LogP contribution in [0.3, 0.4) is 0 Å². The molecule has 2 aromatic rings. The fraction of sp³-hybridized carbons (Fsp3) is 0.286. The molecule has 2 heteroatoms. The van der Waals surface area contributed by atoms with Gasteiger partial charge in [-0.1, -0.05) is 31.9 Å². The monoisotopic (exact) mass is 214 g/mol. The second-order valence-electron chi connectivity index (χ2n) is 3.76. The Hall–Kier alpha value is -1.57. The molecular formula is C14H16NO. The van der Waals surface area contributed by atoms with Crippen molar-refractivity contribution in [1.82, 2.24) is 4.98 Å². The Balaban J connectivity index is 2.11. The number of fused-ring (bicyclic) bond motifs is 1. The third-order valence-electron chi connectivity index (χ3n) is 2.54. The number of nitrogens with zero attached hydrogens (tertiary/aromatic N) is 1. The van der Waals surface area contributed by atoms with E-state index in [1.54, 1.807) is 6.20 Å². The van der Waals surface area contributed by atoms with Crippen LogP contribution >= 0.6 is 0 Å². The number of ether oxygens (including phenoxy) is 1. The van der Waals surface area contributed by atoms with Gasteiger partial charge in [-0.15, -0.1) is 0 Å². The molecule has 0 saturated heterocycles. The summed E-state index contributed by atoms with van der Waals surface area (Å²) in [4.78, 5) is 4.10. The normalized spacial score (nSPS) is 10.6. The lowest BCUT2D eigenvalue weighted by Gasteiger charge is -2.08. The SMILES string of the molecule is [CH2]CCCCOc1cccc2cnccc12. The van der Waals surface area contributed by atoms with Crippen molar-refractivity contribution in [2.45, 2.75) is 19.3 Å². The number of aromatic nitrogens is 1. The van der Waals surface area contributed by atoms with Gasteiger partial charge in [-0.3, -0.25) is 4.98 Å². The summed E-state index contributed by atoms with van der Waals surface area (Å²) in [7, 11) is 0. The van der Waals surface area contributed by atoms with E-state index < -0.39 is 0 Å². The van der Waals surface area contributed by atoms with Crippen LogP contribution in [0, 0.1) is 6.92 Å². The van der Waals surface area contributed by atoms with Crippen molar-refractivity contribution in [3.8, 4) is 5.75 Å². The number of hydrogen-bond donors (Lipinski definition) is 0. The van der Waals surface area contributed by atoms with Gasteiger partial charge in [-0.05, 0) is 18.6 Å². The molecule has 0 saturated carbocycles. The zero-order chi connectivity index (χ0) is 11.2. The number of rotatable bonds is 5. The van der Waals surface area contributed by atoms with Gasteiger partial charge >= 0.3 is 0 Å². The van der Waals surface area contributed by atoms with Gasteiger partial charge in [0, 0.05) is 23.2 Å². The van der Waals surface area contributed by atoms with Crippen LogP contribution in [0.25, 0.3) is 10.8 Å². The lowest BCUT2D eigenvalue weighted by atomic mass is 10.1. The predicted octanol–water partition coefficient (Wildman–Crippen LogP) is 3.62.